The zero-order chi connectivity index (χ0) is 30.2. The fourth-order valence-corrected chi connectivity index (χ4v) is 7.83. The molecule has 2 aliphatic carbocycles. The molecule has 5 aliphatic rings. The van der Waals surface area contributed by atoms with Crippen LogP contribution >= 0.6 is 0 Å². The summed E-state index contributed by atoms with van der Waals surface area (Å²) in [6.45, 7) is 8.07. The van der Waals surface area contributed by atoms with Crippen molar-refractivity contribution in [1.29, 1.82) is 0 Å². The molecule has 2 bridgehead atoms. The highest BCUT2D eigenvalue weighted by Gasteiger charge is 2.59. The van der Waals surface area contributed by atoms with Gasteiger partial charge < -0.3 is 15.3 Å². The highest BCUT2D eigenvalue weighted by molar-refractivity contribution is 5.77. The van der Waals surface area contributed by atoms with Gasteiger partial charge >= 0.3 is 0 Å². The first kappa shape index (κ1) is 27.5. The van der Waals surface area contributed by atoms with Crippen LogP contribution in [0.1, 0.15) is 43.9 Å². The number of benzene rings is 1. The van der Waals surface area contributed by atoms with Gasteiger partial charge in [-0.05, 0) is 74.9 Å². The summed E-state index contributed by atoms with van der Waals surface area (Å²) in [6, 6.07) is 12.9. The lowest BCUT2D eigenvalue weighted by Crippen LogP contribution is -2.69. The number of fused-ring (bicyclic) bond motifs is 4. The monoisotopic (exact) mass is 596 g/mol. The summed E-state index contributed by atoms with van der Waals surface area (Å²) in [5.74, 6) is 0.882. The lowest BCUT2D eigenvalue weighted by atomic mass is 9.72. The first-order valence-corrected chi connectivity index (χ1v) is 15.6. The highest BCUT2D eigenvalue weighted by atomic mass is 19.1. The van der Waals surface area contributed by atoms with Gasteiger partial charge in [0.15, 0.2) is 11.5 Å². The predicted molar refractivity (Wildman–Crippen MR) is 167 cm³/mol. The van der Waals surface area contributed by atoms with Crippen molar-refractivity contribution in [3.8, 4) is 5.82 Å². The van der Waals surface area contributed by atoms with E-state index in [1.807, 2.05) is 31.2 Å². The van der Waals surface area contributed by atoms with Crippen molar-refractivity contribution in [2.24, 2.45) is 5.41 Å². The maximum Gasteiger partial charge on any atom is 0.278 e. The Morgan fingerprint density at radius 1 is 1.11 bits per heavy atom. The lowest BCUT2D eigenvalue weighted by Gasteiger charge is -2.56. The number of anilines is 3. The van der Waals surface area contributed by atoms with E-state index in [1.165, 1.54) is 0 Å². The number of hydrogen-bond donors (Lipinski definition) is 2. The van der Waals surface area contributed by atoms with Crippen LogP contribution in [0.4, 0.5) is 21.7 Å². The van der Waals surface area contributed by atoms with Crippen LogP contribution < -0.4 is 15.8 Å². The predicted octanol–water partition coefficient (Wildman–Crippen LogP) is 4.07. The Kier molecular flexibility index (Phi) is 6.22. The van der Waals surface area contributed by atoms with Crippen molar-refractivity contribution in [2.75, 3.05) is 36.5 Å². The number of alkyl halides is 1. The fraction of sp³-hybridized carbons (Fsp3) is 0.455. The average molecular weight is 597 g/mol. The van der Waals surface area contributed by atoms with E-state index < -0.39 is 5.60 Å². The van der Waals surface area contributed by atoms with Crippen LogP contribution in [0.2, 0.25) is 0 Å². The second kappa shape index (κ2) is 9.97. The molecular formula is C33H37FN8O2. The quantitative estimate of drug-likeness (QED) is 0.294. The molecular weight excluding hydrogens is 559 g/mol. The third-order valence-electron chi connectivity index (χ3n) is 10.6. The van der Waals surface area contributed by atoms with Crippen LogP contribution in [-0.4, -0.2) is 72.7 Å². The molecule has 228 valence electrons. The number of halogens is 1. The van der Waals surface area contributed by atoms with Crippen LogP contribution in [0.25, 0.3) is 16.9 Å². The Hall–Kier alpha value is -4.09. The van der Waals surface area contributed by atoms with Gasteiger partial charge in [0.1, 0.15) is 17.7 Å². The van der Waals surface area contributed by atoms with Gasteiger partial charge in [-0.15, -0.1) is 6.58 Å². The molecule has 3 saturated heterocycles. The van der Waals surface area contributed by atoms with Crippen LogP contribution in [0.5, 0.6) is 0 Å². The number of pyridine rings is 1. The molecule has 3 atom stereocenters. The zero-order valence-corrected chi connectivity index (χ0v) is 24.9. The third kappa shape index (κ3) is 4.12. The fourth-order valence-electron chi connectivity index (χ4n) is 7.83. The van der Waals surface area contributed by atoms with E-state index in [9.17, 15) is 14.3 Å². The van der Waals surface area contributed by atoms with Crippen molar-refractivity contribution in [1.82, 2.24) is 29.2 Å². The summed E-state index contributed by atoms with van der Waals surface area (Å²) < 4.78 is 16.1. The summed E-state index contributed by atoms with van der Waals surface area (Å²) in [6.07, 6.45) is 8.22. The number of aromatic nitrogens is 5. The minimum absolute atomic E-state index is 0.107. The van der Waals surface area contributed by atoms with E-state index in [0.717, 1.165) is 62.1 Å². The van der Waals surface area contributed by atoms with Crippen LogP contribution in [0.3, 0.4) is 0 Å². The Morgan fingerprint density at radius 2 is 1.89 bits per heavy atom. The number of aryl methyl sites for hydroxylation is 1. The number of allylic oxidation sites excluding steroid dienone is 1. The molecule has 44 heavy (non-hydrogen) atoms. The van der Waals surface area contributed by atoms with E-state index in [1.54, 1.807) is 21.6 Å². The normalized spacial score (nSPS) is 25.1. The molecule has 2 N–H and O–H groups in total. The number of rotatable bonds is 8. The van der Waals surface area contributed by atoms with Gasteiger partial charge in [-0.3, -0.25) is 9.69 Å². The van der Waals surface area contributed by atoms with Gasteiger partial charge in [0, 0.05) is 54.7 Å². The number of piperidine rings is 1. The van der Waals surface area contributed by atoms with Gasteiger partial charge in [-0.2, -0.15) is 4.98 Å². The van der Waals surface area contributed by atoms with E-state index in [-0.39, 0.29) is 24.2 Å². The van der Waals surface area contributed by atoms with Crippen molar-refractivity contribution in [2.45, 2.75) is 63.3 Å². The van der Waals surface area contributed by atoms with Gasteiger partial charge in [0.25, 0.3) is 5.56 Å². The standard InChI is InChI=1S/C33H37FN8O2/c1-3-15-41-30(43)26-18-35-31(36-22-5-7-23(8-6-22)39-19-24-17-25(20-39)40(24)16-14-34)38-29(26)42(41)27-9-4-21-10-11-33(12-13-33)32(2,44)28(21)37-27/h3-9,18,24-25,44H,1,10-17,19-20H2,2H3,(H,35,36,38). The highest BCUT2D eigenvalue weighted by Crippen LogP contribution is 2.63. The van der Waals surface area contributed by atoms with E-state index >= 15 is 0 Å². The maximum absolute atomic E-state index is 13.5. The van der Waals surface area contributed by atoms with Crippen molar-refractivity contribution in [3.63, 3.8) is 0 Å². The summed E-state index contributed by atoms with van der Waals surface area (Å²) in [4.78, 5) is 32.4. The maximum atomic E-state index is 13.5. The summed E-state index contributed by atoms with van der Waals surface area (Å²) in [5.41, 5.74) is 2.76. The molecule has 3 aliphatic heterocycles. The van der Waals surface area contributed by atoms with E-state index in [4.69, 9.17) is 9.97 Å². The molecule has 0 radical (unpaired) electrons. The summed E-state index contributed by atoms with van der Waals surface area (Å²) in [5, 5.41) is 15.3. The molecule has 11 heteroatoms. The zero-order valence-electron chi connectivity index (χ0n) is 24.9. The Labute approximate surface area is 254 Å². The van der Waals surface area contributed by atoms with E-state index in [0.29, 0.717) is 47.1 Å². The van der Waals surface area contributed by atoms with Crippen LogP contribution in [0.15, 0.2) is 60.0 Å². The molecule has 9 rings (SSSR count). The summed E-state index contributed by atoms with van der Waals surface area (Å²) in [7, 11) is 0. The molecule has 4 fully saturated rings. The Balaban J connectivity index is 1.10. The van der Waals surface area contributed by atoms with Gasteiger partial charge in [-0.1, -0.05) is 12.1 Å². The SMILES string of the molecule is C=CCn1c(=O)c2cnc(Nc3ccc(N4CC5CC(C4)N5CCF)cc3)nc2n1-c1ccc2c(n1)C(C)(O)C1(CC2)CC1. The van der Waals surface area contributed by atoms with Crippen molar-refractivity contribution >= 4 is 28.4 Å². The number of piperazine rings is 1. The lowest BCUT2D eigenvalue weighted by molar-refractivity contribution is -0.0371. The van der Waals surface area contributed by atoms with Crippen molar-refractivity contribution in [3.05, 3.63) is 76.9 Å². The van der Waals surface area contributed by atoms with Crippen LogP contribution in [-0.2, 0) is 18.6 Å². The van der Waals surface area contributed by atoms with Gasteiger partial charge in [0.2, 0.25) is 5.95 Å². The average Bonchev–Trinajstić information content (AvgIpc) is 3.78. The topological polar surface area (TPSA) is 104 Å². The smallest absolute Gasteiger partial charge is 0.278 e. The first-order valence-electron chi connectivity index (χ1n) is 15.6. The first-order chi connectivity index (χ1) is 21.3. The Morgan fingerprint density at radius 3 is 2.59 bits per heavy atom. The second-order valence-electron chi connectivity index (χ2n) is 13.0. The van der Waals surface area contributed by atoms with E-state index in [2.05, 4.69) is 38.8 Å². The number of hydrogen-bond acceptors (Lipinski definition) is 8. The summed E-state index contributed by atoms with van der Waals surface area (Å²) >= 11 is 0. The molecule has 0 amide bonds. The molecule has 3 unspecified atom stereocenters. The van der Waals surface area contributed by atoms with Crippen molar-refractivity contribution < 1.29 is 9.50 Å². The van der Waals surface area contributed by atoms with Gasteiger partial charge in [0.05, 0.1) is 12.2 Å². The molecule has 4 aromatic rings. The number of aliphatic hydroxyl groups is 1. The third-order valence-corrected chi connectivity index (χ3v) is 10.6. The number of nitrogens with zero attached hydrogens (tertiary/aromatic N) is 7. The second-order valence-corrected chi connectivity index (χ2v) is 13.0. The number of nitrogens with one attached hydrogen (secondary N) is 1. The largest absolute Gasteiger partial charge is 0.383 e. The minimum atomic E-state index is -1.03. The molecule has 1 saturated carbocycles. The van der Waals surface area contributed by atoms with Crippen LogP contribution in [0, 0.1) is 5.41 Å². The van der Waals surface area contributed by atoms with Gasteiger partial charge in [-0.25, -0.2) is 23.7 Å². The Bertz CT molecular complexity index is 1810. The molecule has 6 heterocycles. The molecule has 3 aromatic heterocycles. The molecule has 1 aromatic carbocycles. The molecule has 1 spiro atoms. The molecule has 10 nitrogen and oxygen atoms in total. The minimum Gasteiger partial charge on any atom is -0.383 e.